The molecule has 5 nitrogen and oxygen atoms in total. The van der Waals surface area contributed by atoms with Gasteiger partial charge in [0.05, 0.1) is 5.75 Å². The normalized spacial score (nSPS) is 14.6. The van der Waals surface area contributed by atoms with Crippen molar-refractivity contribution in [3.8, 4) is 5.69 Å². The van der Waals surface area contributed by atoms with Gasteiger partial charge in [-0.25, -0.2) is 0 Å². The molecule has 0 aliphatic heterocycles. The van der Waals surface area contributed by atoms with Crippen molar-refractivity contribution in [2.75, 3.05) is 10.7 Å². The molecule has 2 aromatic carbocycles. The van der Waals surface area contributed by atoms with Crippen LogP contribution < -0.4 is 4.90 Å². The highest BCUT2D eigenvalue weighted by molar-refractivity contribution is 7.99. The van der Waals surface area contributed by atoms with Crippen LogP contribution in [0.4, 0.5) is 5.69 Å². The molecule has 0 N–H and O–H groups in total. The van der Waals surface area contributed by atoms with E-state index in [9.17, 15) is 4.79 Å². The Morgan fingerprint density at radius 3 is 2.53 bits per heavy atom. The Bertz CT molecular complexity index is 995. The minimum Gasteiger partial charge on any atom is -0.309 e. The van der Waals surface area contributed by atoms with Crippen LogP contribution in [0, 0.1) is 13.8 Å². The summed E-state index contributed by atoms with van der Waals surface area (Å²) in [5, 5.41) is 9.36. The van der Waals surface area contributed by atoms with Gasteiger partial charge in [-0.15, -0.1) is 10.2 Å². The van der Waals surface area contributed by atoms with E-state index >= 15 is 0 Å². The molecule has 0 radical (unpaired) electrons. The zero-order valence-electron chi connectivity index (χ0n) is 17.6. The summed E-state index contributed by atoms with van der Waals surface area (Å²) in [4.78, 5) is 15.4. The summed E-state index contributed by atoms with van der Waals surface area (Å²) < 4.78 is 2.03. The molecule has 1 saturated carbocycles. The van der Waals surface area contributed by atoms with E-state index in [0.717, 1.165) is 35.2 Å². The second kappa shape index (κ2) is 9.47. The monoisotopic (exact) mass is 420 g/mol. The highest BCUT2D eigenvalue weighted by Crippen LogP contribution is 2.29. The zero-order chi connectivity index (χ0) is 20.9. The van der Waals surface area contributed by atoms with E-state index < -0.39 is 0 Å². The van der Waals surface area contributed by atoms with E-state index in [1.54, 1.807) is 0 Å². The lowest BCUT2D eigenvalue weighted by Gasteiger charge is -2.34. The Hall–Kier alpha value is -2.60. The molecule has 0 unspecified atom stereocenters. The molecule has 1 amide bonds. The third kappa shape index (κ3) is 4.59. The lowest BCUT2D eigenvalue weighted by molar-refractivity contribution is -0.116. The third-order valence-electron chi connectivity index (χ3n) is 5.62. The van der Waals surface area contributed by atoms with Gasteiger partial charge in [-0.2, -0.15) is 0 Å². The number of thioether (sulfide) groups is 1. The molecule has 0 spiro atoms. The van der Waals surface area contributed by atoms with Crippen LogP contribution in [-0.4, -0.2) is 32.5 Å². The van der Waals surface area contributed by atoms with Gasteiger partial charge in [0.2, 0.25) is 5.91 Å². The standard InChI is InChI=1S/C24H28N4OS/c1-18-10-9-15-22(16-18)27-19(2)25-26-24(27)30-17-23(29)28(20-11-5-3-6-12-20)21-13-7-4-8-14-21/h3,5-6,9-12,15-16,21H,4,7-8,13-14,17H2,1-2H3. The molecule has 4 rings (SSSR count). The quantitative estimate of drug-likeness (QED) is 0.505. The van der Waals surface area contributed by atoms with Crippen molar-refractivity contribution in [1.82, 2.24) is 14.8 Å². The number of rotatable bonds is 6. The van der Waals surface area contributed by atoms with Gasteiger partial charge in [0.1, 0.15) is 5.82 Å². The van der Waals surface area contributed by atoms with Crippen LogP contribution >= 0.6 is 11.8 Å². The summed E-state index contributed by atoms with van der Waals surface area (Å²) in [6.45, 7) is 4.01. The fraction of sp³-hybridized carbons (Fsp3) is 0.375. The van der Waals surface area contributed by atoms with Gasteiger partial charge >= 0.3 is 0 Å². The van der Waals surface area contributed by atoms with Crippen molar-refractivity contribution in [2.45, 2.75) is 57.1 Å². The Morgan fingerprint density at radius 1 is 1.03 bits per heavy atom. The summed E-state index contributed by atoms with van der Waals surface area (Å²) in [5.41, 5.74) is 3.20. The van der Waals surface area contributed by atoms with E-state index in [4.69, 9.17) is 0 Å². The second-order valence-electron chi connectivity index (χ2n) is 7.88. The summed E-state index contributed by atoms with van der Waals surface area (Å²) in [6, 6.07) is 18.6. The first kappa shape index (κ1) is 20.7. The minimum atomic E-state index is 0.134. The predicted molar refractivity (Wildman–Crippen MR) is 122 cm³/mol. The van der Waals surface area contributed by atoms with Crippen LogP contribution in [0.2, 0.25) is 0 Å². The SMILES string of the molecule is Cc1cccc(-n2c(C)nnc2SCC(=O)N(c2ccccc2)C2CCCCC2)c1. The lowest BCUT2D eigenvalue weighted by Crippen LogP contribution is -2.42. The van der Waals surface area contributed by atoms with Gasteiger partial charge in [0.15, 0.2) is 5.16 Å². The fourth-order valence-electron chi connectivity index (χ4n) is 4.18. The highest BCUT2D eigenvalue weighted by Gasteiger charge is 2.27. The first-order chi connectivity index (χ1) is 14.6. The maximum atomic E-state index is 13.4. The van der Waals surface area contributed by atoms with Crippen LogP contribution in [-0.2, 0) is 4.79 Å². The van der Waals surface area contributed by atoms with Gasteiger partial charge in [0.25, 0.3) is 0 Å². The summed E-state index contributed by atoms with van der Waals surface area (Å²) in [6.07, 6.45) is 5.79. The Balaban J connectivity index is 1.54. The molecule has 0 saturated heterocycles. The van der Waals surface area contributed by atoms with Gasteiger partial charge in [-0.05, 0) is 56.5 Å². The smallest absolute Gasteiger partial charge is 0.237 e. The number of para-hydroxylation sites is 1. The Morgan fingerprint density at radius 2 is 1.80 bits per heavy atom. The van der Waals surface area contributed by atoms with Gasteiger partial charge in [0, 0.05) is 17.4 Å². The molecule has 0 bridgehead atoms. The molecule has 6 heteroatoms. The number of carbonyl (C=O) groups excluding carboxylic acids is 1. The highest BCUT2D eigenvalue weighted by atomic mass is 32.2. The Labute approximate surface area is 182 Å². The summed E-state index contributed by atoms with van der Waals surface area (Å²) in [5.74, 6) is 1.30. The summed E-state index contributed by atoms with van der Waals surface area (Å²) in [7, 11) is 0. The third-order valence-corrected chi connectivity index (χ3v) is 6.54. The van der Waals surface area contributed by atoms with Crippen molar-refractivity contribution in [3.63, 3.8) is 0 Å². The van der Waals surface area contributed by atoms with Crippen LogP contribution in [0.5, 0.6) is 0 Å². The first-order valence-corrected chi connectivity index (χ1v) is 11.6. The molecule has 3 aromatic rings. The van der Waals surface area contributed by atoms with Crippen molar-refractivity contribution in [2.24, 2.45) is 0 Å². The molecule has 1 aliphatic carbocycles. The van der Waals surface area contributed by atoms with Gasteiger partial charge in [-0.1, -0.05) is 61.4 Å². The molecule has 0 atom stereocenters. The number of nitrogens with zero attached hydrogens (tertiary/aromatic N) is 4. The van der Waals surface area contributed by atoms with E-state index in [1.807, 2.05) is 58.9 Å². The number of hydrogen-bond donors (Lipinski definition) is 0. The number of amides is 1. The molecular formula is C24H28N4OS. The average Bonchev–Trinajstić information content (AvgIpc) is 3.14. The fourth-order valence-corrected chi connectivity index (χ4v) is 5.04. The van der Waals surface area contributed by atoms with Crippen molar-refractivity contribution in [1.29, 1.82) is 0 Å². The van der Waals surface area contributed by atoms with E-state index in [1.165, 1.54) is 36.6 Å². The number of anilines is 1. The molecule has 1 fully saturated rings. The minimum absolute atomic E-state index is 0.134. The number of benzene rings is 2. The topological polar surface area (TPSA) is 51.0 Å². The molecule has 1 heterocycles. The Kier molecular flexibility index (Phi) is 6.53. The largest absolute Gasteiger partial charge is 0.309 e. The maximum absolute atomic E-state index is 13.4. The summed E-state index contributed by atoms with van der Waals surface area (Å²) >= 11 is 1.46. The number of aromatic nitrogens is 3. The first-order valence-electron chi connectivity index (χ1n) is 10.6. The number of carbonyl (C=O) groups is 1. The molecule has 30 heavy (non-hydrogen) atoms. The average molecular weight is 421 g/mol. The lowest BCUT2D eigenvalue weighted by atomic mass is 9.93. The van der Waals surface area contributed by atoms with E-state index in [2.05, 4.69) is 29.3 Å². The van der Waals surface area contributed by atoms with Crippen LogP contribution in [0.1, 0.15) is 43.5 Å². The number of aryl methyl sites for hydroxylation is 2. The van der Waals surface area contributed by atoms with Gasteiger partial charge in [-0.3, -0.25) is 9.36 Å². The zero-order valence-corrected chi connectivity index (χ0v) is 18.4. The maximum Gasteiger partial charge on any atom is 0.237 e. The van der Waals surface area contributed by atoms with Crippen LogP contribution in [0.3, 0.4) is 0 Å². The molecule has 156 valence electrons. The van der Waals surface area contributed by atoms with E-state index in [0.29, 0.717) is 5.75 Å². The van der Waals surface area contributed by atoms with Gasteiger partial charge < -0.3 is 4.90 Å². The predicted octanol–water partition coefficient (Wildman–Crippen LogP) is 5.34. The number of hydrogen-bond acceptors (Lipinski definition) is 4. The van der Waals surface area contributed by atoms with E-state index in [-0.39, 0.29) is 11.9 Å². The second-order valence-corrected chi connectivity index (χ2v) is 8.83. The van der Waals surface area contributed by atoms with Crippen molar-refractivity contribution >= 4 is 23.4 Å². The molecule has 1 aliphatic rings. The van der Waals surface area contributed by atoms with Crippen LogP contribution in [0.25, 0.3) is 5.69 Å². The molecular weight excluding hydrogens is 392 g/mol. The van der Waals surface area contributed by atoms with Crippen molar-refractivity contribution < 1.29 is 4.79 Å². The molecule has 1 aromatic heterocycles. The van der Waals surface area contributed by atoms with Crippen LogP contribution in [0.15, 0.2) is 59.8 Å². The van der Waals surface area contributed by atoms with Crippen molar-refractivity contribution in [3.05, 3.63) is 66.0 Å².